The summed E-state index contributed by atoms with van der Waals surface area (Å²) < 4.78 is 22.9. The van der Waals surface area contributed by atoms with Gasteiger partial charge in [0.15, 0.2) is 9.84 Å². The van der Waals surface area contributed by atoms with Crippen LogP contribution in [0.15, 0.2) is 36.3 Å². The maximum absolute atomic E-state index is 11.5. The first-order valence-electron chi connectivity index (χ1n) is 3.66. The van der Waals surface area contributed by atoms with E-state index in [1.165, 1.54) is 18.2 Å². The summed E-state index contributed by atoms with van der Waals surface area (Å²) in [6.45, 7) is 10.1. The van der Waals surface area contributed by atoms with Crippen LogP contribution in [0.5, 0.6) is 0 Å². The summed E-state index contributed by atoms with van der Waals surface area (Å²) in [5.74, 6) is 0. The highest BCUT2D eigenvalue weighted by atomic mass is 32.2. The Labute approximate surface area is 74.2 Å². The Morgan fingerprint density at radius 2 is 1.83 bits per heavy atom. The minimum absolute atomic E-state index is 0.229. The van der Waals surface area contributed by atoms with Gasteiger partial charge in [0.2, 0.25) is 0 Å². The first-order valence-corrected chi connectivity index (χ1v) is 5.20. The lowest BCUT2D eigenvalue weighted by Gasteiger charge is -2.06. The summed E-state index contributed by atoms with van der Waals surface area (Å²) in [5, 5.41) is -0.415. The van der Waals surface area contributed by atoms with Gasteiger partial charge in [0, 0.05) is 0 Å². The van der Waals surface area contributed by atoms with Crippen molar-refractivity contribution in [1.82, 2.24) is 0 Å². The van der Waals surface area contributed by atoms with E-state index in [0.29, 0.717) is 0 Å². The molecule has 0 spiro atoms. The van der Waals surface area contributed by atoms with Crippen molar-refractivity contribution in [2.24, 2.45) is 0 Å². The van der Waals surface area contributed by atoms with Crippen LogP contribution in [-0.4, -0.2) is 13.7 Å². The van der Waals surface area contributed by atoms with E-state index < -0.39 is 15.1 Å². The van der Waals surface area contributed by atoms with Gasteiger partial charge in [0.05, 0.1) is 10.2 Å². The molecule has 2 nitrogen and oxygen atoms in total. The SMILES string of the molecule is C=C/C=C(\C=C)S(=O)(=O)C(C)C. The maximum Gasteiger partial charge on any atom is 0.180 e. The summed E-state index contributed by atoms with van der Waals surface area (Å²) in [4.78, 5) is 0.229. The molecule has 0 rings (SSSR count). The minimum Gasteiger partial charge on any atom is -0.223 e. The number of rotatable bonds is 4. The smallest absolute Gasteiger partial charge is 0.180 e. The molecule has 0 heterocycles. The molecule has 12 heavy (non-hydrogen) atoms. The van der Waals surface area contributed by atoms with Crippen LogP contribution in [0.1, 0.15) is 13.8 Å². The van der Waals surface area contributed by atoms with Crippen LogP contribution >= 0.6 is 0 Å². The van der Waals surface area contributed by atoms with Gasteiger partial charge >= 0.3 is 0 Å². The second-order valence-electron chi connectivity index (χ2n) is 2.60. The van der Waals surface area contributed by atoms with Gasteiger partial charge < -0.3 is 0 Å². The lowest BCUT2D eigenvalue weighted by atomic mass is 10.5. The van der Waals surface area contributed by atoms with Gasteiger partial charge in [0.1, 0.15) is 0 Å². The van der Waals surface area contributed by atoms with Crippen molar-refractivity contribution in [3.8, 4) is 0 Å². The topological polar surface area (TPSA) is 34.1 Å². The highest BCUT2D eigenvalue weighted by Crippen LogP contribution is 2.13. The van der Waals surface area contributed by atoms with Gasteiger partial charge in [0.25, 0.3) is 0 Å². The van der Waals surface area contributed by atoms with Gasteiger partial charge in [-0.2, -0.15) is 0 Å². The fourth-order valence-electron chi connectivity index (χ4n) is 0.667. The second-order valence-corrected chi connectivity index (χ2v) is 5.11. The van der Waals surface area contributed by atoms with Crippen LogP contribution in [0.25, 0.3) is 0 Å². The molecular weight excluding hydrogens is 172 g/mol. The molecule has 0 N–H and O–H groups in total. The summed E-state index contributed by atoms with van der Waals surface area (Å²) in [6, 6.07) is 0. The lowest BCUT2D eigenvalue weighted by Crippen LogP contribution is -2.14. The third-order valence-corrected chi connectivity index (χ3v) is 3.63. The van der Waals surface area contributed by atoms with Crippen molar-refractivity contribution >= 4 is 9.84 Å². The Kier molecular flexibility index (Phi) is 3.96. The molecular formula is C9H14O2S. The Morgan fingerprint density at radius 3 is 2.08 bits per heavy atom. The van der Waals surface area contributed by atoms with E-state index in [1.807, 2.05) is 0 Å². The zero-order chi connectivity index (χ0) is 9.78. The van der Waals surface area contributed by atoms with E-state index in [1.54, 1.807) is 13.8 Å². The number of allylic oxidation sites excluding steroid dienone is 3. The highest BCUT2D eigenvalue weighted by molar-refractivity contribution is 7.96. The quantitative estimate of drug-likeness (QED) is 0.630. The number of sulfone groups is 1. The predicted molar refractivity (Wildman–Crippen MR) is 52.5 cm³/mol. The summed E-state index contributed by atoms with van der Waals surface area (Å²) >= 11 is 0. The molecule has 0 unspecified atom stereocenters. The van der Waals surface area contributed by atoms with Crippen molar-refractivity contribution < 1.29 is 8.42 Å². The van der Waals surface area contributed by atoms with Gasteiger partial charge in [-0.05, 0) is 19.9 Å². The lowest BCUT2D eigenvalue weighted by molar-refractivity contribution is 0.594. The van der Waals surface area contributed by atoms with Crippen LogP contribution < -0.4 is 0 Å². The molecule has 0 saturated carbocycles. The van der Waals surface area contributed by atoms with E-state index >= 15 is 0 Å². The van der Waals surface area contributed by atoms with E-state index in [0.717, 1.165) is 0 Å². The Hall–Kier alpha value is -0.830. The van der Waals surface area contributed by atoms with Crippen molar-refractivity contribution in [3.05, 3.63) is 36.3 Å². The number of hydrogen-bond donors (Lipinski definition) is 0. The Morgan fingerprint density at radius 1 is 1.33 bits per heavy atom. The van der Waals surface area contributed by atoms with Crippen LogP contribution in [0, 0.1) is 0 Å². The highest BCUT2D eigenvalue weighted by Gasteiger charge is 2.18. The molecule has 0 amide bonds. The molecule has 0 saturated heterocycles. The van der Waals surface area contributed by atoms with Crippen molar-refractivity contribution in [2.75, 3.05) is 0 Å². The van der Waals surface area contributed by atoms with Crippen molar-refractivity contribution in [1.29, 1.82) is 0 Å². The predicted octanol–water partition coefficient (Wildman–Crippen LogP) is 2.07. The van der Waals surface area contributed by atoms with Crippen molar-refractivity contribution in [2.45, 2.75) is 19.1 Å². The molecule has 3 heteroatoms. The standard InChI is InChI=1S/C9H14O2S/c1-5-7-9(6-2)12(10,11)8(3)4/h5-8H,1-2H2,3-4H3/b9-7+. The molecule has 0 aromatic rings. The average molecular weight is 186 g/mol. The summed E-state index contributed by atoms with van der Waals surface area (Å²) in [7, 11) is -3.18. The number of hydrogen-bond acceptors (Lipinski definition) is 2. The third-order valence-electron chi connectivity index (χ3n) is 1.43. The van der Waals surface area contributed by atoms with Crippen molar-refractivity contribution in [3.63, 3.8) is 0 Å². The average Bonchev–Trinajstić information content (AvgIpc) is 1.99. The van der Waals surface area contributed by atoms with Crippen LogP contribution in [0.3, 0.4) is 0 Å². The maximum atomic E-state index is 11.5. The fourth-order valence-corrected chi connectivity index (χ4v) is 1.73. The van der Waals surface area contributed by atoms with Gasteiger partial charge in [-0.1, -0.05) is 25.3 Å². The molecule has 0 aliphatic carbocycles. The van der Waals surface area contributed by atoms with Crippen LogP contribution in [0.2, 0.25) is 0 Å². The Bertz CT molecular complexity index is 294. The summed E-state index contributed by atoms with van der Waals surface area (Å²) in [5.41, 5.74) is 0. The zero-order valence-corrected chi connectivity index (χ0v) is 8.26. The zero-order valence-electron chi connectivity index (χ0n) is 7.45. The molecule has 0 fully saturated rings. The van der Waals surface area contributed by atoms with E-state index in [2.05, 4.69) is 13.2 Å². The van der Waals surface area contributed by atoms with Gasteiger partial charge in [-0.25, -0.2) is 8.42 Å². The first kappa shape index (κ1) is 11.2. The van der Waals surface area contributed by atoms with Gasteiger partial charge in [-0.15, -0.1) is 0 Å². The van der Waals surface area contributed by atoms with Gasteiger partial charge in [-0.3, -0.25) is 0 Å². The van der Waals surface area contributed by atoms with Crippen LogP contribution in [0.4, 0.5) is 0 Å². The first-order chi connectivity index (χ1) is 5.46. The fraction of sp³-hybridized carbons (Fsp3) is 0.333. The molecule has 0 aliphatic rings. The second kappa shape index (κ2) is 4.26. The largest absolute Gasteiger partial charge is 0.223 e. The summed E-state index contributed by atoms with van der Waals surface area (Å²) in [6.07, 6.45) is 4.22. The molecule has 68 valence electrons. The normalized spacial score (nSPS) is 13.1. The Balaban J connectivity index is 5.13. The molecule has 0 atom stereocenters. The third kappa shape index (κ3) is 2.34. The molecule has 0 aromatic heterocycles. The van der Waals surface area contributed by atoms with E-state index in [-0.39, 0.29) is 4.91 Å². The van der Waals surface area contributed by atoms with Crippen LogP contribution in [-0.2, 0) is 9.84 Å². The minimum atomic E-state index is -3.18. The molecule has 0 bridgehead atoms. The monoisotopic (exact) mass is 186 g/mol. The van der Waals surface area contributed by atoms with E-state index in [9.17, 15) is 8.42 Å². The molecule has 0 aliphatic heterocycles. The van der Waals surface area contributed by atoms with E-state index in [4.69, 9.17) is 0 Å². The molecule has 0 aromatic carbocycles. The molecule has 0 radical (unpaired) electrons.